The normalized spacial score (nSPS) is 10.4. The van der Waals surface area contributed by atoms with E-state index in [-0.39, 0.29) is 29.3 Å². The first kappa shape index (κ1) is 17.8. The molecule has 22 heavy (non-hydrogen) atoms. The first-order valence-corrected chi connectivity index (χ1v) is 6.59. The zero-order valence-electron chi connectivity index (χ0n) is 12.3. The Morgan fingerprint density at radius 2 is 2.05 bits per heavy atom. The molecule has 1 aromatic rings. The summed E-state index contributed by atoms with van der Waals surface area (Å²) in [6, 6.07) is 3.77. The Morgan fingerprint density at radius 3 is 2.64 bits per heavy atom. The Balaban J connectivity index is 2.87. The van der Waals surface area contributed by atoms with Gasteiger partial charge in [-0.3, -0.25) is 4.79 Å². The van der Waals surface area contributed by atoms with Crippen molar-refractivity contribution >= 4 is 17.6 Å². The summed E-state index contributed by atoms with van der Waals surface area (Å²) >= 11 is 0. The van der Waals surface area contributed by atoms with Gasteiger partial charge in [-0.25, -0.2) is 4.79 Å². The molecule has 6 nitrogen and oxygen atoms in total. The van der Waals surface area contributed by atoms with Crippen molar-refractivity contribution in [3.8, 4) is 5.75 Å². The van der Waals surface area contributed by atoms with Crippen LogP contribution in [0.4, 0.5) is 14.5 Å². The minimum Gasteiger partial charge on any atom is -0.465 e. The van der Waals surface area contributed by atoms with Crippen molar-refractivity contribution < 1.29 is 27.8 Å². The number of carbonyl (C=O) groups excluding carboxylic acids is 2. The summed E-state index contributed by atoms with van der Waals surface area (Å²) < 4.78 is 33.7. The molecule has 0 fully saturated rings. The van der Waals surface area contributed by atoms with Gasteiger partial charge in [0.25, 0.3) is 0 Å². The van der Waals surface area contributed by atoms with E-state index in [1.165, 1.54) is 19.2 Å². The smallest absolute Gasteiger partial charge is 0.387 e. The average molecular weight is 316 g/mol. The minimum atomic E-state index is -3.08. The Hall–Kier alpha value is -2.22. The van der Waals surface area contributed by atoms with Gasteiger partial charge in [-0.1, -0.05) is 0 Å². The third-order valence-corrected chi connectivity index (χ3v) is 2.72. The molecule has 0 radical (unpaired) electrons. The van der Waals surface area contributed by atoms with Gasteiger partial charge in [0.2, 0.25) is 5.91 Å². The molecule has 2 N–H and O–H groups in total. The lowest BCUT2D eigenvalue weighted by atomic mass is 10.2. The first-order chi connectivity index (χ1) is 10.5. The molecule has 0 spiro atoms. The van der Waals surface area contributed by atoms with E-state index in [1.807, 2.05) is 0 Å². The number of nitrogens with one attached hydrogen (secondary N) is 2. The molecule has 0 heterocycles. The molecule has 0 bridgehead atoms. The van der Waals surface area contributed by atoms with Gasteiger partial charge < -0.3 is 20.1 Å². The SMILES string of the molecule is CNCCCC(=O)Nc1ccc(C(=O)OC)cc1OC(F)F. The van der Waals surface area contributed by atoms with E-state index in [9.17, 15) is 18.4 Å². The number of esters is 1. The highest BCUT2D eigenvalue weighted by atomic mass is 19.3. The van der Waals surface area contributed by atoms with E-state index in [2.05, 4.69) is 20.1 Å². The highest BCUT2D eigenvalue weighted by Gasteiger charge is 2.15. The van der Waals surface area contributed by atoms with Crippen molar-refractivity contribution in [3.63, 3.8) is 0 Å². The van der Waals surface area contributed by atoms with Crippen LogP contribution in [0.25, 0.3) is 0 Å². The maximum atomic E-state index is 12.4. The van der Waals surface area contributed by atoms with Gasteiger partial charge in [0, 0.05) is 6.42 Å². The molecule has 0 atom stereocenters. The van der Waals surface area contributed by atoms with Crippen molar-refractivity contribution in [3.05, 3.63) is 23.8 Å². The molecule has 1 rings (SSSR count). The topological polar surface area (TPSA) is 76.7 Å². The quantitative estimate of drug-likeness (QED) is 0.567. The van der Waals surface area contributed by atoms with Crippen LogP contribution in [0.2, 0.25) is 0 Å². The van der Waals surface area contributed by atoms with Crippen LogP contribution in [-0.2, 0) is 9.53 Å². The zero-order valence-corrected chi connectivity index (χ0v) is 12.3. The summed E-state index contributed by atoms with van der Waals surface area (Å²) in [5.41, 5.74) is 0.119. The average Bonchev–Trinajstić information content (AvgIpc) is 2.48. The van der Waals surface area contributed by atoms with Crippen LogP contribution in [-0.4, -0.2) is 39.2 Å². The summed E-state index contributed by atoms with van der Waals surface area (Å²) in [5.74, 6) is -1.31. The summed E-state index contributed by atoms with van der Waals surface area (Å²) in [5, 5.41) is 5.38. The molecule has 0 saturated heterocycles. The fourth-order valence-corrected chi connectivity index (χ4v) is 1.70. The lowest BCUT2D eigenvalue weighted by molar-refractivity contribution is -0.116. The molecule has 0 aromatic heterocycles. The molecular formula is C14H18F2N2O4. The molecular weight excluding hydrogens is 298 g/mol. The summed E-state index contributed by atoms with van der Waals surface area (Å²) in [7, 11) is 2.94. The van der Waals surface area contributed by atoms with Gasteiger partial charge in [-0.05, 0) is 38.2 Å². The van der Waals surface area contributed by atoms with E-state index >= 15 is 0 Å². The second kappa shape index (κ2) is 8.93. The van der Waals surface area contributed by atoms with E-state index in [1.54, 1.807) is 7.05 Å². The van der Waals surface area contributed by atoms with Crippen LogP contribution in [0.3, 0.4) is 0 Å². The van der Waals surface area contributed by atoms with E-state index in [0.717, 1.165) is 6.07 Å². The first-order valence-electron chi connectivity index (χ1n) is 6.59. The number of carbonyl (C=O) groups is 2. The zero-order chi connectivity index (χ0) is 16.5. The molecule has 0 unspecified atom stereocenters. The summed E-state index contributed by atoms with van der Waals surface area (Å²) in [6.45, 7) is -2.41. The van der Waals surface area contributed by atoms with Gasteiger partial charge in [0.15, 0.2) is 0 Å². The van der Waals surface area contributed by atoms with E-state index < -0.39 is 12.6 Å². The third-order valence-electron chi connectivity index (χ3n) is 2.72. The Labute approximate surface area is 126 Å². The fourth-order valence-electron chi connectivity index (χ4n) is 1.70. The molecule has 0 aliphatic heterocycles. The number of amides is 1. The van der Waals surface area contributed by atoms with E-state index in [4.69, 9.17) is 0 Å². The molecule has 122 valence electrons. The second-order valence-corrected chi connectivity index (χ2v) is 4.34. The molecule has 8 heteroatoms. The largest absolute Gasteiger partial charge is 0.465 e. The van der Waals surface area contributed by atoms with Gasteiger partial charge in [0.05, 0.1) is 18.4 Å². The van der Waals surface area contributed by atoms with Crippen molar-refractivity contribution in [1.29, 1.82) is 0 Å². The standard InChI is InChI=1S/C14H18F2N2O4/c1-17-7-3-4-12(19)18-10-6-5-9(13(20)21-2)8-11(10)22-14(15)16/h5-6,8,14,17H,3-4,7H2,1-2H3,(H,18,19). The third kappa shape index (κ3) is 5.65. The van der Waals surface area contributed by atoms with E-state index in [0.29, 0.717) is 13.0 Å². The number of hydrogen-bond donors (Lipinski definition) is 2. The Morgan fingerprint density at radius 1 is 1.32 bits per heavy atom. The fraction of sp³-hybridized carbons (Fsp3) is 0.429. The van der Waals surface area contributed by atoms with Crippen LogP contribution in [0.5, 0.6) is 5.75 Å². The summed E-state index contributed by atoms with van der Waals surface area (Å²) in [4.78, 5) is 23.1. The number of benzene rings is 1. The molecule has 0 aliphatic carbocycles. The highest BCUT2D eigenvalue weighted by molar-refractivity contribution is 5.95. The van der Waals surface area contributed by atoms with Crippen LogP contribution < -0.4 is 15.4 Å². The highest BCUT2D eigenvalue weighted by Crippen LogP contribution is 2.28. The predicted octanol–water partition coefficient (Wildman–Crippen LogP) is 2.01. The molecule has 0 saturated carbocycles. The maximum Gasteiger partial charge on any atom is 0.387 e. The van der Waals surface area contributed by atoms with Gasteiger partial charge in [0.1, 0.15) is 5.75 Å². The van der Waals surface area contributed by atoms with Crippen LogP contribution in [0, 0.1) is 0 Å². The lowest BCUT2D eigenvalue weighted by Crippen LogP contribution is -2.16. The molecule has 1 aromatic carbocycles. The van der Waals surface area contributed by atoms with Gasteiger partial charge in [-0.15, -0.1) is 0 Å². The van der Waals surface area contributed by atoms with Crippen molar-refractivity contribution in [2.45, 2.75) is 19.5 Å². The van der Waals surface area contributed by atoms with Gasteiger partial charge in [-0.2, -0.15) is 8.78 Å². The monoisotopic (exact) mass is 316 g/mol. The molecule has 0 aliphatic rings. The predicted molar refractivity (Wildman–Crippen MR) is 76.2 cm³/mol. The number of ether oxygens (including phenoxy) is 2. The maximum absolute atomic E-state index is 12.4. The second-order valence-electron chi connectivity index (χ2n) is 4.34. The minimum absolute atomic E-state index is 0.0475. The van der Waals surface area contributed by atoms with Crippen LogP contribution in [0.15, 0.2) is 18.2 Å². The lowest BCUT2D eigenvalue weighted by Gasteiger charge is -2.13. The Bertz CT molecular complexity index is 524. The number of halogens is 2. The number of hydrogen-bond acceptors (Lipinski definition) is 5. The van der Waals surface area contributed by atoms with Crippen LogP contribution in [0.1, 0.15) is 23.2 Å². The van der Waals surface area contributed by atoms with Crippen molar-refractivity contribution in [1.82, 2.24) is 5.32 Å². The van der Waals surface area contributed by atoms with Gasteiger partial charge >= 0.3 is 12.6 Å². The van der Waals surface area contributed by atoms with Crippen molar-refractivity contribution in [2.75, 3.05) is 26.0 Å². The number of methoxy groups -OCH3 is 1. The number of anilines is 1. The summed E-state index contributed by atoms with van der Waals surface area (Å²) in [6.07, 6.45) is 0.835. The number of rotatable bonds is 8. The Kier molecular flexibility index (Phi) is 7.24. The van der Waals surface area contributed by atoms with Crippen molar-refractivity contribution in [2.24, 2.45) is 0 Å². The molecule has 1 amide bonds. The number of alkyl halides is 2. The van der Waals surface area contributed by atoms with Crippen LogP contribution >= 0.6 is 0 Å².